The lowest BCUT2D eigenvalue weighted by atomic mass is 10.1. The number of nitrogens with zero attached hydrogens (tertiary/aromatic N) is 5. The fourth-order valence-electron chi connectivity index (χ4n) is 3.58. The Kier molecular flexibility index (Phi) is 6.00. The van der Waals surface area contributed by atoms with E-state index in [0.29, 0.717) is 34.8 Å². The number of aromatic nitrogens is 4. The molecule has 0 spiro atoms. The second-order valence-corrected chi connectivity index (χ2v) is 7.99. The van der Waals surface area contributed by atoms with Crippen molar-refractivity contribution in [1.29, 1.82) is 0 Å². The molecule has 0 saturated carbocycles. The van der Waals surface area contributed by atoms with E-state index in [0.717, 1.165) is 19.4 Å². The molecule has 1 aromatic carbocycles. The first kappa shape index (κ1) is 20.0. The summed E-state index contributed by atoms with van der Waals surface area (Å²) in [6.07, 6.45) is 4.58. The molecule has 8 heteroatoms. The van der Waals surface area contributed by atoms with Gasteiger partial charge in [0.2, 0.25) is 5.91 Å². The Hall–Kier alpha value is -3.31. The highest BCUT2D eigenvalue weighted by Gasteiger charge is 2.27. The third-order valence-electron chi connectivity index (χ3n) is 5.01. The van der Waals surface area contributed by atoms with Crippen LogP contribution >= 0.6 is 11.8 Å². The van der Waals surface area contributed by atoms with Crippen LogP contribution in [0.1, 0.15) is 24.6 Å². The van der Waals surface area contributed by atoms with Crippen LogP contribution in [0.5, 0.6) is 0 Å². The van der Waals surface area contributed by atoms with E-state index in [1.807, 2.05) is 22.9 Å². The summed E-state index contributed by atoms with van der Waals surface area (Å²) in [6.45, 7) is 4.87. The zero-order valence-electron chi connectivity index (χ0n) is 16.5. The third kappa shape index (κ3) is 4.16. The van der Waals surface area contributed by atoms with E-state index in [-0.39, 0.29) is 11.9 Å². The molecule has 1 aliphatic rings. The number of nitrogens with two attached hydrogens (primary N) is 1. The number of likely N-dealkylation sites (tertiary alicyclic amines) is 1. The van der Waals surface area contributed by atoms with E-state index in [1.54, 1.807) is 16.7 Å². The molecule has 0 aliphatic carbocycles. The van der Waals surface area contributed by atoms with Crippen molar-refractivity contribution in [2.75, 3.05) is 24.6 Å². The molecule has 30 heavy (non-hydrogen) atoms. The molecule has 2 aromatic heterocycles. The van der Waals surface area contributed by atoms with E-state index < -0.39 is 0 Å². The van der Waals surface area contributed by atoms with Gasteiger partial charge in [0.05, 0.1) is 17.2 Å². The fraction of sp³-hybridized carbons (Fsp3) is 0.273. The molecule has 0 unspecified atom stereocenters. The van der Waals surface area contributed by atoms with Crippen LogP contribution in [0, 0.1) is 11.8 Å². The lowest BCUT2D eigenvalue weighted by molar-refractivity contribution is -0.127. The van der Waals surface area contributed by atoms with Crippen molar-refractivity contribution < 1.29 is 4.79 Å². The summed E-state index contributed by atoms with van der Waals surface area (Å²) in [5.74, 6) is 7.25. The van der Waals surface area contributed by atoms with Crippen LogP contribution in [-0.4, -0.2) is 49.4 Å². The van der Waals surface area contributed by atoms with Gasteiger partial charge in [-0.1, -0.05) is 30.7 Å². The normalized spacial score (nSPS) is 16.1. The number of carbonyl (C=O) groups excluding carboxylic acids is 1. The predicted molar refractivity (Wildman–Crippen MR) is 119 cm³/mol. The maximum atomic E-state index is 12.1. The molecule has 0 bridgehead atoms. The molecular formula is C22H22N6OS. The third-order valence-corrected chi connectivity index (χ3v) is 5.90. The first-order chi connectivity index (χ1) is 14.7. The molecule has 3 aromatic rings. The maximum absolute atomic E-state index is 12.1. The molecule has 1 amide bonds. The summed E-state index contributed by atoms with van der Waals surface area (Å²) < 4.78 is 1.85. The van der Waals surface area contributed by atoms with Gasteiger partial charge in [-0.3, -0.25) is 4.79 Å². The van der Waals surface area contributed by atoms with Crippen molar-refractivity contribution in [2.45, 2.75) is 23.8 Å². The Morgan fingerprint density at radius 1 is 1.33 bits per heavy atom. The number of thioether (sulfide) groups is 1. The SMILES string of the molecule is C=CC(=O)N1CCC[C@@H](n2nc(C#CCSc3ccccc3)c3c(N)ncnc32)C1. The van der Waals surface area contributed by atoms with Crippen molar-refractivity contribution >= 4 is 34.5 Å². The second kappa shape index (κ2) is 9.01. The minimum atomic E-state index is -0.0664. The van der Waals surface area contributed by atoms with Crippen LogP contribution < -0.4 is 5.73 Å². The summed E-state index contributed by atoms with van der Waals surface area (Å²) in [5.41, 5.74) is 7.36. The second-order valence-electron chi connectivity index (χ2n) is 6.94. The van der Waals surface area contributed by atoms with E-state index in [9.17, 15) is 4.79 Å². The van der Waals surface area contributed by atoms with Gasteiger partial charge in [-0.15, -0.1) is 11.8 Å². The van der Waals surface area contributed by atoms with Gasteiger partial charge >= 0.3 is 0 Å². The van der Waals surface area contributed by atoms with Crippen LogP contribution in [-0.2, 0) is 4.79 Å². The smallest absolute Gasteiger partial charge is 0.246 e. The zero-order valence-corrected chi connectivity index (χ0v) is 17.3. The highest BCUT2D eigenvalue weighted by molar-refractivity contribution is 7.99. The number of fused-ring (bicyclic) bond motifs is 1. The molecule has 2 N–H and O–H groups in total. The topological polar surface area (TPSA) is 89.9 Å². The van der Waals surface area contributed by atoms with Crippen molar-refractivity contribution in [3.63, 3.8) is 0 Å². The van der Waals surface area contributed by atoms with Gasteiger partial charge in [0.25, 0.3) is 0 Å². The lowest BCUT2D eigenvalue weighted by Crippen LogP contribution is -2.40. The zero-order chi connectivity index (χ0) is 20.9. The van der Waals surface area contributed by atoms with Gasteiger partial charge in [0, 0.05) is 18.0 Å². The number of piperidine rings is 1. The lowest BCUT2D eigenvalue weighted by Gasteiger charge is -2.32. The number of carbonyl (C=O) groups is 1. The Morgan fingerprint density at radius 3 is 2.97 bits per heavy atom. The number of benzene rings is 1. The average molecular weight is 419 g/mol. The summed E-state index contributed by atoms with van der Waals surface area (Å²) in [4.78, 5) is 23.6. The number of nitrogen functional groups attached to an aromatic ring is 1. The standard InChI is InChI=1S/C22H22N6OS/c1-2-19(29)27-12-6-8-16(14-27)28-22-20(21(23)24-15-25-22)18(26-28)11-7-13-30-17-9-4-3-5-10-17/h2-5,9-10,15-16H,1,6,8,12-14H2,(H2,23,24,25)/t16-/m1/s1. The minimum Gasteiger partial charge on any atom is -0.383 e. The number of rotatable bonds is 4. The van der Waals surface area contributed by atoms with Crippen LogP contribution in [0.25, 0.3) is 11.0 Å². The highest BCUT2D eigenvalue weighted by Crippen LogP contribution is 2.28. The number of hydrogen-bond acceptors (Lipinski definition) is 6. The average Bonchev–Trinajstić information content (AvgIpc) is 3.17. The molecule has 1 saturated heterocycles. The van der Waals surface area contributed by atoms with E-state index in [1.165, 1.54) is 17.3 Å². The van der Waals surface area contributed by atoms with Crippen molar-refractivity contribution in [3.8, 4) is 11.8 Å². The van der Waals surface area contributed by atoms with Gasteiger partial charge in [-0.05, 0) is 37.0 Å². The molecule has 1 atom stereocenters. The van der Waals surface area contributed by atoms with Crippen LogP contribution in [0.15, 0.2) is 54.2 Å². The Morgan fingerprint density at radius 2 is 2.17 bits per heavy atom. The largest absolute Gasteiger partial charge is 0.383 e. The summed E-state index contributed by atoms with van der Waals surface area (Å²) in [7, 11) is 0. The van der Waals surface area contributed by atoms with E-state index in [2.05, 4.69) is 40.5 Å². The Labute approximate surface area is 179 Å². The quantitative estimate of drug-likeness (QED) is 0.398. The van der Waals surface area contributed by atoms with E-state index in [4.69, 9.17) is 10.8 Å². The summed E-state index contributed by atoms with van der Waals surface area (Å²) >= 11 is 1.67. The first-order valence-electron chi connectivity index (χ1n) is 9.74. The number of hydrogen-bond donors (Lipinski definition) is 1. The fourth-order valence-corrected chi connectivity index (χ4v) is 4.24. The maximum Gasteiger partial charge on any atom is 0.246 e. The molecule has 1 aliphatic heterocycles. The molecule has 7 nitrogen and oxygen atoms in total. The van der Waals surface area contributed by atoms with Gasteiger partial charge in [0.15, 0.2) is 5.65 Å². The Balaban J connectivity index is 1.61. The van der Waals surface area contributed by atoms with Gasteiger partial charge in [-0.25, -0.2) is 14.6 Å². The molecule has 4 rings (SSSR count). The molecule has 152 valence electrons. The number of anilines is 1. The molecule has 1 fully saturated rings. The molecule has 3 heterocycles. The first-order valence-corrected chi connectivity index (χ1v) is 10.7. The summed E-state index contributed by atoms with van der Waals surface area (Å²) in [6, 6.07) is 10.1. The van der Waals surface area contributed by atoms with Gasteiger partial charge in [0.1, 0.15) is 17.8 Å². The van der Waals surface area contributed by atoms with Gasteiger partial charge in [-0.2, -0.15) is 5.10 Å². The van der Waals surface area contributed by atoms with Crippen molar-refractivity contribution in [2.24, 2.45) is 0 Å². The highest BCUT2D eigenvalue weighted by atomic mass is 32.2. The summed E-state index contributed by atoms with van der Waals surface area (Å²) in [5, 5.41) is 5.39. The van der Waals surface area contributed by atoms with Gasteiger partial charge < -0.3 is 10.6 Å². The number of amides is 1. The van der Waals surface area contributed by atoms with Crippen LogP contribution in [0.3, 0.4) is 0 Å². The minimum absolute atomic E-state index is 0.00805. The van der Waals surface area contributed by atoms with Crippen molar-refractivity contribution in [3.05, 3.63) is 55.0 Å². The predicted octanol–water partition coefficient (Wildman–Crippen LogP) is 2.90. The van der Waals surface area contributed by atoms with Crippen LogP contribution in [0.4, 0.5) is 5.82 Å². The van der Waals surface area contributed by atoms with Crippen molar-refractivity contribution in [1.82, 2.24) is 24.6 Å². The van der Waals surface area contributed by atoms with E-state index >= 15 is 0 Å². The monoisotopic (exact) mass is 418 g/mol. The Bertz CT molecular complexity index is 1130. The van der Waals surface area contributed by atoms with Crippen LogP contribution in [0.2, 0.25) is 0 Å². The molecular weight excluding hydrogens is 396 g/mol. The molecule has 0 radical (unpaired) electrons.